The van der Waals surface area contributed by atoms with Crippen molar-refractivity contribution in [3.05, 3.63) is 12.0 Å². The molecule has 0 aromatic carbocycles. The Morgan fingerprint density at radius 3 is 3.22 bits per heavy atom. The lowest BCUT2D eigenvalue weighted by Gasteiger charge is -1.80. The number of aldehydes is 1. The third-order valence-corrected chi connectivity index (χ3v) is 0.923. The minimum Gasteiger partial charge on any atom is -0.345 e. The molecule has 0 bridgehead atoms. The summed E-state index contributed by atoms with van der Waals surface area (Å²) in [5.41, 5.74) is 0.724. The second-order valence-electron chi connectivity index (χ2n) is 1.60. The monoisotopic (exact) mass is 126 g/mol. The summed E-state index contributed by atoms with van der Waals surface area (Å²) in [6.45, 7) is 0. The molecule has 1 rings (SSSR count). The van der Waals surface area contributed by atoms with E-state index in [0.29, 0.717) is 12.8 Å². The van der Waals surface area contributed by atoms with E-state index in [1.165, 1.54) is 6.26 Å². The van der Waals surface area contributed by atoms with Gasteiger partial charge in [0.1, 0.15) is 18.2 Å². The van der Waals surface area contributed by atoms with Crippen molar-refractivity contribution in [3.63, 3.8) is 0 Å². The minimum atomic E-state index is 0.480. The molecule has 0 unspecified atom stereocenters. The van der Waals surface area contributed by atoms with Crippen molar-refractivity contribution < 1.29 is 9.32 Å². The highest BCUT2D eigenvalue weighted by Crippen LogP contribution is 1.93. The zero-order chi connectivity index (χ0) is 6.53. The molecule has 0 saturated carbocycles. The quantitative estimate of drug-likeness (QED) is 0.543. The number of aromatic nitrogens is 2. The molecule has 1 heterocycles. The van der Waals surface area contributed by atoms with E-state index in [1.54, 1.807) is 0 Å². The third kappa shape index (κ3) is 1.64. The smallest absolute Gasteiger partial charge is 0.147 e. The summed E-state index contributed by atoms with van der Waals surface area (Å²) in [7, 11) is 0. The number of carbonyl (C=O) groups excluding carboxylic acids is 1. The van der Waals surface area contributed by atoms with E-state index in [4.69, 9.17) is 0 Å². The van der Waals surface area contributed by atoms with E-state index in [9.17, 15) is 4.79 Å². The van der Waals surface area contributed by atoms with Crippen LogP contribution < -0.4 is 0 Å². The SMILES string of the molecule is O=CCCc1conn1. The summed E-state index contributed by atoms with van der Waals surface area (Å²) in [6.07, 6.45) is 3.37. The predicted octanol–water partition coefficient (Wildman–Crippen LogP) is 0.201. The fraction of sp³-hybridized carbons (Fsp3) is 0.400. The van der Waals surface area contributed by atoms with Gasteiger partial charge in [0, 0.05) is 18.1 Å². The van der Waals surface area contributed by atoms with Gasteiger partial charge in [0.15, 0.2) is 0 Å². The van der Waals surface area contributed by atoms with Crippen molar-refractivity contribution in [2.75, 3.05) is 0 Å². The first kappa shape index (κ1) is 5.94. The van der Waals surface area contributed by atoms with Crippen molar-refractivity contribution in [2.45, 2.75) is 12.8 Å². The molecule has 0 saturated heterocycles. The molecular formula is C5H6N2O2. The molecule has 0 amide bonds. The summed E-state index contributed by atoms with van der Waals surface area (Å²) in [5, 5.41) is 6.81. The second kappa shape index (κ2) is 2.96. The molecule has 0 atom stereocenters. The topological polar surface area (TPSA) is 56.0 Å². The fourth-order valence-electron chi connectivity index (χ4n) is 0.500. The van der Waals surface area contributed by atoms with Crippen molar-refractivity contribution in [1.82, 2.24) is 10.4 Å². The van der Waals surface area contributed by atoms with E-state index >= 15 is 0 Å². The van der Waals surface area contributed by atoms with Gasteiger partial charge in [0.25, 0.3) is 0 Å². The number of hydrogen-bond acceptors (Lipinski definition) is 4. The Hall–Kier alpha value is -1.19. The van der Waals surface area contributed by atoms with Gasteiger partial charge in [-0.1, -0.05) is 0 Å². The maximum Gasteiger partial charge on any atom is 0.147 e. The van der Waals surface area contributed by atoms with E-state index in [0.717, 1.165) is 12.0 Å². The Morgan fingerprint density at radius 1 is 1.78 bits per heavy atom. The van der Waals surface area contributed by atoms with Crippen molar-refractivity contribution in [1.29, 1.82) is 0 Å². The molecule has 1 aromatic heterocycles. The summed E-state index contributed by atoms with van der Waals surface area (Å²) >= 11 is 0. The lowest BCUT2D eigenvalue weighted by molar-refractivity contribution is -0.107. The highest BCUT2D eigenvalue weighted by Gasteiger charge is 1.94. The zero-order valence-electron chi connectivity index (χ0n) is 4.78. The maximum atomic E-state index is 9.82. The summed E-state index contributed by atoms with van der Waals surface area (Å²) in [5.74, 6) is 0. The zero-order valence-corrected chi connectivity index (χ0v) is 4.78. The Morgan fingerprint density at radius 2 is 2.67 bits per heavy atom. The average Bonchev–Trinajstić information content (AvgIpc) is 2.34. The number of rotatable bonds is 3. The maximum absolute atomic E-state index is 9.82. The Balaban J connectivity index is 2.38. The number of nitrogens with zero attached hydrogens (tertiary/aromatic N) is 2. The molecule has 48 valence electrons. The van der Waals surface area contributed by atoms with Crippen LogP contribution in [0.3, 0.4) is 0 Å². The van der Waals surface area contributed by atoms with Crippen LogP contribution in [0.15, 0.2) is 10.8 Å². The highest BCUT2D eigenvalue weighted by molar-refractivity contribution is 5.49. The summed E-state index contributed by atoms with van der Waals surface area (Å²) < 4.78 is 4.43. The first-order valence-electron chi connectivity index (χ1n) is 2.63. The van der Waals surface area contributed by atoms with E-state index in [1.807, 2.05) is 0 Å². The molecule has 0 spiro atoms. The van der Waals surface area contributed by atoms with Gasteiger partial charge in [0.05, 0.1) is 0 Å². The van der Waals surface area contributed by atoms with Crippen LogP contribution >= 0.6 is 0 Å². The molecule has 0 aliphatic carbocycles. The van der Waals surface area contributed by atoms with Gasteiger partial charge in [-0.05, 0) is 0 Å². The van der Waals surface area contributed by atoms with Crippen LogP contribution in [-0.2, 0) is 11.2 Å². The third-order valence-electron chi connectivity index (χ3n) is 0.923. The molecule has 0 fully saturated rings. The van der Waals surface area contributed by atoms with Gasteiger partial charge in [-0.15, -0.1) is 5.10 Å². The Labute approximate surface area is 51.8 Å². The lowest BCUT2D eigenvalue weighted by Crippen LogP contribution is -1.85. The molecule has 0 N–H and O–H groups in total. The molecule has 4 heteroatoms. The van der Waals surface area contributed by atoms with Crippen LogP contribution in [0, 0.1) is 0 Å². The van der Waals surface area contributed by atoms with Crippen LogP contribution in [0.5, 0.6) is 0 Å². The minimum absolute atomic E-state index is 0.480. The van der Waals surface area contributed by atoms with Crippen LogP contribution in [0.4, 0.5) is 0 Å². The first-order chi connectivity index (χ1) is 4.43. The summed E-state index contributed by atoms with van der Waals surface area (Å²) in [6, 6.07) is 0. The Kier molecular flexibility index (Phi) is 1.95. The van der Waals surface area contributed by atoms with Gasteiger partial charge in [-0.3, -0.25) is 0 Å². The average molecular weight is 126 g/mol. The lowest BCUT2D eigenvalue weighted by atomic mass is 10.3. The van der Waals surface area contributed by atoms with E-state index in [2.05, 4.69) is 14.9 Å². The van der Waals surface area contributed by atoms with Crippen LogP contribution in [-0.4, -0.2) is 16.7 Å². The van der Waals surface area contributed by atoms with Gasteiger partial charge < -0.3 is 9.32 Å². The largest absolute Gasteiger partial charge is 0.345 e. The normalized spacial score (nSPS) is 9.33. The molecule has 0 aliphatic heterocycles. The fourth-order valence-corrected chi connectivity index (χ4v) is 0.500. The molecule has 4 nitrogen and oxygen atoms in total. The van der Waals surface area contributed by atoms with Crippen molar-refractivity contribution in [2.24, 2.45) is 0 Å². The van der Waals surface area contributed by atoms with Gasteiger partial charge in [0.2, 0.25) is 0 Å². The number of hydrogen-bond donors (Lipinski definition) is 0. The molecular weight excluding hydrogens is 120 g/mol. The summed E-state index contributed by atoms with van der Waals surface area (Å²) in [4.78, 5) is 9.82. The van der Waals surface area contributed by atoms with E-state index < -0.39 is 0 Å². The molecule has 0 aliphatic rings. The molecule has 9 heavy (non-hydrogen) atoms. The van der Waals surface area contributed by atoms with Gasteiger partial charge >= 0.3 is 0 Å². The number of aryl methyl sites for hydroxylation is 1. The van der Waals surface area contributed by atoms with Crippen molar-refractivity contribution in [3.8, 4) is 0 Å². The van der Waals surface area contributed by atoms with Crippen LogP contribution in [0.2, 0.25) is 0 Å². The van der Waals surface area contributed by atoms with Crippen LogP contribution in [0.25, 0.3) is 0 Å². The number of carbonyl (C=O) groups is 1. The van der Waals surface area contributed by atoms with Gasteiger partial charge in [-0.2, -0.15) is 0 Å². The van der Waals surface area contributed by atoms with E-state index in [-0.39, 0.29) is 0 Å². The first-order valence-corrected chi connectivity index (χ1v) is 2.63. The van der Waals surface area contributed by atoms with Crippen molar-refractivity contribution >= 4 is 6.29 Å². The predicted molar refractivity (Wildman–Crippen MR) is 28.7 cm³/mol. The standard InChI is InChI=1S/C5H6N2O2/c8-3-1-2-5-4-9-7-6-5/h3-4H,1-2H2. The van der Waals surface area contributed by atoms with Gasteiger partial charge in [-0.25, -0.2) is 0 Å². The molecule has 1 aromatic rings. The van der Waals surface area contributed by atoms with Crippen LogP contribution in [0.1, 0.15) is 12.1 Å². The second-order valence-corrected chi connectivity index (χ2v) is 1.60. The highest BCUT2D eigenvalue weighted by atomic mass is 16.5. The molecule has 0 radical (unpaired) electrons. The Bertz CT molecular complexity index is 171.